The van der Waals surface area contributed by atoms with E-state index in [1.165, 1.54) is 21.1 Å². The molecule has 0 heterocycles. The van der Waals surface area contributed by atoms with Gasteiger partial charge in [0.25, 0.3) is 0 Å². The van der Waals surface area contributed by atoms with E-state index in [0.717, 1.165) is 5.56 Å². The zero-order valence-corrected chi connectivity index (χ0v) is 19.0. The van der Waals surface area contributed by atoms with Crippen molar-refractivity contribution in [2.45, 2.75) is 18.6 Å². The Hall–Kier alpha value is -2.78. The van der Waals surface area contributed by atoms with Crippen LogP contribution in [-0.2, 0) is 25.8 Å². The van der Waals surface area contributed by atoms with E-state index >= 15 is 0 Å². The molecular weight excluding hydrogens is 444 g/mol. The molecule has 0 fully saturated rings. The van der Waals surface area contributed by atoms with Crippen molar-refractivity contribution in [2.24, 2.45) is 0 Å². The van der Waals surface area contributed by atoms with Gasteiger partial charge in [0, 0.05) is 17.3 Å². The van der Waals surface area contributed by atoms with Gasteiger partial charge in [0.2, 0.25) is 11.8 Å². The molecule has 2 aromatic carbocycles. The largest absolute Gasteiger partial charge is 0.493 e. The van der Waals surface area contributed by atoms with Crippen LogP contribution in [0, 0.1) is 0 Å². The number of carbonyl (C=O) groups is 2. The average Bonchev–Trinajstić information content (AvgIpc) is 2.74. The minimum absolute atomic E-state index is 0.227. The van der Waals surface area contributed by atoms with Crippen molar-refractivity contribution in [1.82, 2.24) is 5.32 Å². The molecule has 1 unspecified atom stereocenters. The standard InChI is InChI=1S/C21H25ClN2O6S/c1-14(31(27,28)13-20(25)24-17-7-5-16(22)6-8-17)21(26)23-11-10-15-4-9-18(29-2)19(12-15)30-3/h4-9,12,14H,10-11,13H2,1-3H3,(H,23,26)(H,24,25). The fraction of sp³-hybridized carbons (Fsp3) is 0.333. The second-order valence-electron chi connectivity index (χ2n) is 6.73. The molecule has 2 N–H and O–H groups in total. The highest BCUT2D eigenvalue weighted by atomic mass is 35.5. The molecule has 0 saturated heterocycles. The van der Waals surface area contributed by atoms with Crippen LogP contribution in [0.15, 0.2) is 42.5 Å². The normalized spacial score (nSPS) is 12.0. The Balaban J connectivity index is 1.88. The van der Waals surface area contributed by atoms with E-state index in [4.69, 9.17) is 21.1 Å². The molecule has 0 aliphatic carbocycles. The van der Waals surface area contributed by atoms with Gasteiger partial charge in [0.1, 0.15) is 11.0 Å². The second-order valence-corrected chi connectivity index (χ2v) is 9.49. The second kappa shape index (κ2) is 11.0. The van der Waals surface area contributed by atoms with Gasteiger partial charge in [-0.05, 0) is 55.3 Å². The maximum absolute atomic E-state index is 12.4. The van der Waals surface area contributed by atoms with Gasteiger partial charge in [0.05, 0.1) is 14.2 Å². The van der Waals surface area contributed by atoms with E-state index < -0.39 is 32.7 Å². The van der Waals surface area contributed by atoms with Gasteiger partial charge in [0.15, 0.2) is 21.3 Å². The fourth-order valence-corrected chi connectivity index (χ4v) is 3.93. The molecule has 2 rings (SSSR count). The van der Waals surface area contributed by atoms with E-state index in [1.807, 2.05) is 6.07 Å². The summed E-state index contributed by atoms with van der Waals surface area (Å²) in [5.41, 5.74) is 1.30. The third kappa shape index (κ3) is 7.15. The molecule has 1 atom stereocenters. The monoisotopic (exact) mass is 468 g/mol. The Kier molecular flexibility index (Phi) is 8.70. The molecule has 10 heteroatoms. The number of nitrogens with one attached hydrogen (secondary N) is 2. The lowest BCUT2D eigenvalue weighted by Crippen LogP contribution is -2.41. The summed E-state index contributed by atoms with van der Waals surface area (Å²) in [5.74, 6) is -1.05. The maximum atomic E-state index is 12.4. The van der Waals surface area contributed by atoms with Crippen molar-refractivity contribution in [3.8, 4) is 11.5 Å². The summed E-state index contributed by atoms with van der Waals surface area (Å²) in [6.07, 6.45) is 0.468. The van der Waals surface area contributed by atoms with Gasteiger partial charge in [-0.1, -0.05) is 17.7 Å². The molecule has 0 aromatic heterocycles. The lowest BCUT2D eigenvalue weighted by molar-refractivity contribution is -0.120. The number of hydrogen-bond acceptors (Lipinski definition) is 6. The number of methoxy groups -OCH3 is 2. The number of halogens is 1. The molecule has 0 bridgehead atoms. The van der Waals surface area contributed by atoms with Gasteiger partial charge in [-0.2, -0.15) is 0 Å². The zero-order chi connectivity index (χ0) is 23.0. The van der Waals surface area contributed by atoms with E-state index in [-0.39, 0.29) is 6.54 Å². The molecule has 2 amide bonds. The quantitative estimate of drug-likeness (QED) is 0.554. The van der Waals surface area contributed by atoms with Crippen LogP contribution in [0.25, 0.3) is 0 Å². The highest BCUT2D eigenvalue weighted by Crippen LogP contribution is 2.27. The van der Waals surface area contributed by atoms with Crippen LogP contribution in [0.5, 0.6) is 11.5 Å². The SMILES string of the molecule is COc1ccc(CCNC(=O)C(C)S(=O)(=O)CC(=O)Nc2ccc(Cl)cc2)cc1OC. The number of amides is 2. The van der Waals surface area contributed by atoms with Gasteiger partial charge >= 0.3 is 0 Å². The van der Waals surface area contributed by atoms with Crippen molar-refractivity contribution in [1.29, 1.82) is 0 Å². The van der Waals surface area contributed by atoms with Crippen molar-refractivity contribution in [2.75, 3.05) is 31.8 Å². The summed E-state index contributed by atoms with van der Waals surface area (Å²) in [7, 11) is -0.925. The van der Waals surface area contributed by atoms with Crippen LogP contribution in [0.3, 0.4) is 0 Å². The summed E-state index contributed by atoms with van der Waals surface area (Å²) in [6, 6.07) is 11.6. The van der Waals surface area contributed by atoms with E-state index in [1.54, 1.807) is 36.4 Å². The van der Waals surface area contributed by atoms with Crippen molar-refractivity contribution in [3.05, 3.63) is 53.1 Å². The summed E-state index contributed by atoms with van der Waals surface area (Å²) in [4.78, 5) is 24.4. The number of anilines is 1. The minimum Gasteiger partial charge on any atom is -0.493 e. The van der Waals surface area contributed by atoms with Gasteiger partial charge < -0.3 is 20.1 Å². The van der Waals surface area contributed by atoms with Crippen LogP contribution in [0.2, 0.25) is 5.02 Å². The smallest absolute Gasteiger partial charge is 0.239 e. The number of hydrogen-bond donors (Lipinski definition) is 2. The predicted octanol–water partition coefficient (Wildman–Crippen LogP) is 2.46. The summed E-state index contributed by atoms with van der Waals surface area (Å²) in [6.45, 7) is 1.49. The lowest BCUT2D eigenvalue weighted by atomic mass is 10.1. The van der Waals surface area contributed by atoms with Gasteiger partial charge in [-0.15, -0.1) is 0 Å². The Labute approximate surface area is 186 Å². The first-order valence-corrected chi connectivity index (χ1v) is 11.5. The number of rotatable bonds is 10. The molecule has 0 aliphatic heterocycles. The first kappa shape index (κ1) is 24.5. The van der Waals surface area contributed by atoms with Crippen LogP contribution in [0.4, 0.5) is 5.69 Å². The van der Waals surface area contributed by atoms with E-state index in [9.17, 15) is 18.0 Å². The average molecular weight is 469 g/mol. The third-order valence-electron chi connectivity index (χ3n) is 4.53. The first-order valence-electron chi connectivity index (χ1n) is 9.42. The summed E-state index contributed by atoms with van der Waals surface area (Å²) in [5, 5.41) is 4.19. The molecule has 0 spiro atoms. The van der Waals surface area contributed by atoms with Gasteiger partial charge in [-0.3, -0.25) is 9.59 Å². The van der Waals surface area contributed by atoms with Crippen LogP contribution in [0.1, 0.15) is 12.5 Å². The van der Waals surface area contributed by atoms with Crippen molar-refractivity contribution in [3.63, 3.8) is 0 Å². The number of carbonyl (C=O) groups excluding carboxylic acids is 2. The number of ether oxygens (including phenoxy) is 2. The molecule has 168 valence electrons. The van der Waals surface area contributed by atoms with E-state index in [0.29, 0.717) is 28.6 Å². The van der Waals surface area contributed by atoms with Gasteiger partial charge in [-0.25, -0.2) is 8.42 Å². The molecule has 31 heavy (non-hydrogen) atoms. The van der Waals surface area contributed by atoms with Crippen molar-refractivity contribution >= 4 is 38.9 Å². The highest BCUT2D eigenvalue weighted by Gasteiger charge is 2.30. The Morgan fingerprint density at radius 3 is 2.29 bits per heavy atom. The Bertz CT molecular complexity index is 1020. The van der Waals surface area contributed by atoms with Crippen LogP contribution >= 0.6 is 11.6 Å². The third-order valence-corrected chi connectivity index (χ3v) is 6.74. The highest BCUT2D eigenvalue weighted by molar-refractivity contribution is 7.93. The van der Waals surface area contributed by atoms with Crippen LogP contribution in [-0.4, -0.2) is 52.0 Å². The Morgan fingerprint density at radius 1 is 1.03 bits per heavy atom. The van der Waals surface area contributed by atoms with Crippen molar-refractivity contribution < 1.29 is 27.5 Å². The number of benzene rings is 2. The zero-order valence-electron chi connectivity index (χ0n) is 17.5. The fourth-order valence-electron chi connectivity index (χ4n) is 2.71. The maximum Gasteiger partial charge on any atom is 0.239 e. The molecular formula is C21H25ClN2O6S. The molecule has 0 radical (unpaired) electrons. The first-order chi connectivity index (χ1) is 14.7. The minimum atomic E-state index is -3.99. The van der Waals surface area contributed by atoms with E-state index in [2.05, 4.69) is 10.6 Å². The summed E-state index contributed by atoms with van der Waals surface area (Å²) >= 11 is 5.78. The summed E-state index contributed by atoms with van der Waals surface area (Å²) < 4.78 is 35.3. The molecule has 0 saturated carbocycles. The van der Waals surface area contributed by atoms with Crippen LogP contribution < -0.4 is 20.1 Å². The molecule has 2 aromatic rings. The number of sulfone groups is 1. The molecule has 8 nitrogen and oxygen atoms in total. The predicted molar refractivity (Wildman–Crippen MR) is 120 cm³/mol. The molecule has 0 aliphatic rings. The Morgan fingerprint density at radius 2 is 1.68 bits per heavy atom. The topological polar surface area (TPSA) is 111 Å². The lowest BCUT2D eigenvalue weighted by Gasteiger charge is -2.14.